The van der Waals surface area contributed by atoms with Crippen LogP contribution in [0.15, 0.2) is 6.07 Å². The number of hydrogen-bond donors (Lipinski definition) is 2. The summed E-state index contributed by atoms with van der Waals surface area (Å²) in [6, 6.07) is 1.80. The van der Waals surface area contributed by atoms with Gasteiger partial charge >= 0.3 is 0 Å². The van der Waals surface area contributed by atoms with E-state index in [-0.39, 0.29) is 11.9 Å². The Morgan fingerprint density at radius 1 is 1.73 bits per heavy atom. The van der Waals surface area contributed by atoms with Crippen LogP contribution in [0.1, 0.15) is 29.5 Å². The molecule has 0 aromatic carbocycles. The molecule has 0 bridgehead atoms. The van der Waals surface area contributed by atoms with E-state index in [0.717, 1.165) is 12.1 Å². The second kappa shape index (κ2) is 4.93. The van der Waals surface area contributed by atoms with E-state index < -0.39 is 0 Å². The second-order valence-electron chi connectivity index (χ2n) is 3.61. The minimum Gasteiger partial charge on any atom is -0.347 e. The van der Waals surface area contributed by atoms with Gasteiger partial charge in [0.05, 0.1) is 5.69 Å². The number of carbonyl (C=O) groups excluding carboxylic acids is 1. The van der Waals surface area contributed by atoms with E-state index in [1.165, 1.54) is 0 Å². The van der Waals surface area contributed by atoms with Crippen LogP contribution >= 0.6 is 0 Å². The number of nitrogens with one attached hydrogen (secondary N) is 1. The molecular weight excluding hydrogens is 192 g/mol. The Bertz CT molecular complexity index is 341. The Balaban J connectivity index is 2.72. The summed E-state index contributed by atoms with van der Waals surface area (Å²) in [6.07, 6.45) is 0.832. The topological polar surface area (TPSA) is 72.9 Å². The van der Waals surface area contributed by atoms with E-state index in [9.17, 15) is 4.79 Å². The molecule has 1 unspecified atom stereocenters. The monoisotopic (exact) mass is 210 g/mol. The van der Waals surface area contributed by atoms with Crippen molar-refractivity contribution in [3.63, 3.8) is 0 Å². The van der Waals surface area contributed by atoms with Gasteiger partial charge in [-0.1, -0.05) is 6.92 Å². The van der Waals surface area contributed by atoms with Gasteiger partial charge in [0.2, 0.25) is 0 Å². The van der Waals surface area contributed by atoms with Gasteiger partial charge in [0.1, 0.15) is 5.69 Å². The van der Waals surface area contributed by atoms with Crippen LogP contribution in [0, 0.1) is 6.92 Å². The number of hydrogen-bond acceptors (Lipinski definition) is 3. The van der Waals surface area contributed by atoms with Crippen LogP contribution in [0.4, 0.5) is 0 Å². The molecule has 0 aliphatic carbocycles. The number of carbonyl (C=O) groups is 1. The number of nitrogens with zero attached hydrogens (tertiary/aromatic N) is 2. The number of aryl methyl sites for hydroxylation is 2. The highest BCUT2D eigenvalue weighted by Gasteiger charge is 2.14. The predicted octanol–water partition coefficient (Wildman–Crippen LogP) is 0.196. The SMILES string of the molecule is CCC(CN)NC(=O)c1cc(C)nn1C. The van der Waals surface area contributed by atoms with Gasteiger partial charge in [0.15, 0.2) is 0 Å². The molecule has 1 atom stereocenters. The average Bonchev–Trinajstić information content (AvgIpc) is 2.54. The fourth-order valence-electron chi connectivity index (χ4n) is 1.41. The molecule has 5 heteroatoms. The maximum Gasteiger partial charge on any atom is 0.269 e. The molecule has 0 saturated carbocycles. The lowest BCUT2D eigenvalue weighted by molar-refractivity contribution is 0.0927. The van der Waals surface area contributed by atoms with E-state index in [2.05, 4.69) is 10.4 Å². The van der Waals surface area contributed by atoms with Crippen molar-refractivity contribution in [1.29, 1.82) is 0 Å². The molecule has 0 saturated heterocycles. The van der Waals surface area contributed by atoms with Crippen LogP contribution in [-0.4, -0.2) is 28.3 Å². The highest BCUT2D eigenvalue weighted by atomic mass is 16.2. The summed E-state index contributed by atoms with van der Waals surface area (Å²) in [7, 11) is 1.76. The fraction of sp³-hybridized carbons (Fsp3) is 0.600. The summed E-state index contributed by atoms with van der Waals surface area (Å²) in [4.78, 5) is 11.8. The highest BCUT2D eigenvalue weighted by Crippen LogP contribution is 2.02. The Morgan fingerprint density at radius 3 is 2.80 bits per heavy atom. The van der Waals surface area contributed by atoms with Crippen molar-refractivity contribution < 1.29 is 4.79 Å². The Morgan fingerprint density at radius 2 is 2.40 bits per heavy atom. The molecular formula is C10H18N4O. The van der Waals surface area contributed by atoms with E-state index in [1.807, 2.05) is 13.8 Å². The highest BCUT2D eigenvalue weighted by molar-refractivity contribution is 5.92. The van der Waals surface area contributed by atoms with E-state index in [4.69, 9.17) is 5.73 Å². The standard InChI is InChI=1S/C10H18N4O/c1-4-8(6-11)12-10(15)9-5-7(2)13-14(9)3/h5,8H,4,6,11H2,1-3H3,(H,12,15). The molecule has 84 valence electrons. The zero-order valence-electron chi connectivity index (χ0n) is 9.45. The second-order valence-corrected chi connectivity index (χ2v) is 3.61. The van der Waals surface area contributed by atoms with E-state index >= 15 is 0 Å². The molecule has 0 spiro atoms. The summed E-state index contributed by atoms with van der Waals surface area (Å²) >= 11 is 0. The summed E-state index contributed by atoms with van der Waals surface area (Å²) in [6.45, 7) is 4.31. The molecule has 1 rings (SSSR count). The lowest BCUT2D eigenvalue weighted by Gasteiger charge is -2.14. The largest absolute Gasteiger partial charge is 0.347 e. The molecule has 1 heterocycles. The van der Waals surface area contributed by atoms with Crippen molar-refractivity contribution in [3.05, 3.63) is 17.5 Å². The van der Waals surface area contributed by atoms with Gasteiger partial charge in [-0.25, -0.2) is 0 Å². The maximum absolute atomic E-state index is 11.8. The first-order chi connectivity index (χ1) is 7.08. The summed E-state index contributed by atoms with van der Waals surface area (Å²) < 4.78 is 1.58. The van der Waals surface area contributed by atoms with Gasteiger partial charge in [0, 0.05) is 19.6 Å². The summed E-state index contributed by atoms with van der Waals surface area (Å²) in [5, 5.41) is 6.98. The first-order valence-corrected chi connectivity index (χ1v) is 5.10. The fourth-order valence-corrected chi connectivity index (χ4v) is 1.41. The number of aromatic nitrogens is 2. The first kappa shape index (κ1) is 11.7. The first-order valence-electron chi connectivity index (χ1n) is 5.10. The maximum atomic E-state index is 11.8. The van der Waals surface area contributed by atoms with Gasteiger partial charge < -0.3 is 11.1 Å². The van der Waals surface area contributed by atoms with Gasteiger partial charge in [-0.15, -0.1) is 0 Å². The van der Waals surface area contributed by atoms with Crippen molar-refractivity contribution in [2.45, 2.75) is 26.3 Å². The molecule has 0 radical (unpaired) electrons. The average molecular weight is 210 g/mol. The van der Waals surface area contributed by atoms with Gasteiger partial charge in [0.25, 0.3) is 5.91 Å². The number of rotatable bonds is 4. The van der Waals surface area contributed by atoms with Crippen LogP contribution in [0.2, 0.25) is 0 Å². The normalized spacial score (nSPS) is 12.5. The third-order valence-electron chi connectivity index (χ3n) is 2.35. The van der Waals surface area contributed by atoms with E-state index in [1.54, 1.807) is 17.8 Å². The van der Waals surface area contributed by atoms with Gasteiger partial charge in [-0.2, -0.15) is 5.10 Å². The molecule has 15 heavy (non-hydrogen) atoms. The Kier molecular flexibility index (Phi) is 3.85. The molecule has 0 aliphatic rings. The van der Waals surface area contributed by atoms with Crippen molar-refractivity contribution in [3.8, 4) is 0 Å². The van der Waals surface area contributed by atoms with Crippen LogP contribution in [-0.2, 0) is 7.05 Å². The Hall–Kier alpha value is -1.36. The van der Waals surface area contributed by atoms with Gasteiger partial charge in [-0.05, 0) is 19.4 Å². The van der Waals surface area contributed by atoms with Crippen molar-refractivity contribution in [1.82, 2.24) is 15.1 Å². The summed E-state index contributed by atoms with van der Waals surface area (Å²) in [5.74, 6) is -0.115. The van der Waals surface area contributed by atoms with Crippen LogP contribution < -0.4 is 11.1 Å². The lowest BCUT2D eigenvalue weighted by atomic mass is 10.2. The van der Waals surface area contributed by atoms with Crippen molar-refractivity contribution in [2.75, 3.05) is 6.54 Å². The number of nitrogens with two attached hydrogens (primary N) is 1. The van der Waals surface area contributed by atoms with Crippen LogP contribution in [0.3, 0.4) is 0 Å². The molecule has 5 nitrogen and oxygen atoms in total. The minimum atomic E-state index is -0.115. The molecule has 0 fully saturated rings. The predicted molar refractivity (Wildman–Crippen MR) is 58.5 cm³/mol. The zero-order valence-corrected chi connectivity index (χ0v) is 9.45. The van der Waals surface area contributed by atoms with E-state index in [0.29, 0.717) is 12.2 Å². The molecule has 1 amide bonds. The smallest absolute Gasteiger partial charge is 0.269 e. The summed E-state index contributed by atoms with van der Waals surface area (Å²) in [5.41, 5.74) is 6.92. The van der Waals surface area contributed by atoms with Crippen molar-refractivity contribution >= 4 is 5.91 Å². The van der Waals surface area contributed by atoms with Crippen LogP contribution in [0.5, 0.6) is 0 Å². The quantitative estimate of drug-likeness (QED) is 0.745. The molecule has 1 aromatic heterocycles. The van der Waals surface area contributed by atoms with Gasteiger partial charge in [-0.3, -0.25) is 9.48 Å². The third-order valence-corrected chi connectivity index (χ3v) is 2.35. The van der Waals surface area contributed by atoms with Crippen LogP contribution in [0.25, 0.3) is 0 Å². The minimum absolute atomic E-state index is 0.0349. The third kappa shape index (κ3) is 2.79. The Labute approximate surface area is 89.6 Å². The van der Waals surface area contributed by atoms with Crippen molar-refractivity contribution in [2.24, 2.45) is 12.8 Å². The zero-order chi connectivity index (χ0) is 11.4. The number of amides is 1. The lowest BCUT2D eigenvalue weighted by Crippen LogP contribution is -2.40. The molecule has 1 aromatic rings. The molecule has 0 aliphatic heterocycles. The molecule has 3 N–H and O–H groups in total.